The molecule has 10 heteroatoms. The predicted octanol–water partition coefficient (Wildman–Crippen LogP) is 3.20. The molecule has 212 valence electrons. The van der Waals surface area contributed by atoms with Gasteiger partial charge in [-0.1, -0.05) is 5.92 Å². The molecule has 7 rings (SSSR count). The molecule has 0 aliphatic carbocycles. The zero-order valence-electron chi connectivity index (χ0n) is 22.9. The number of ether oxygens (including phenoxy) is 2. The second-order valence-corrected chi connectivity index (χ2v) is 12.2. The van der Waals surface area contributed by atoms with Crippen molar-refractivity contribution < 1.29 is 18.3 Å². The van der Waals surface area contributed by atoms with E-state index in [1.165, 1.54) is 0 Å². The maximum absolute atomic E-state index is 15.4. The number of hydrogen-bond acceptors (Lipinski definition) is 8. The molecule has 40 heavy (non-hydrogen) atoms. The van der Waals surface area contributed by atoms with E-state index in [9.17, 15) is 4.39 Å². The van der Waals surface area contributed by atoms with Crippen LogP contribution in [-0.2, 0) is 17.8 Å². The number of piperazine rings is 1. The Morgan fingerprint density at radius 3 is 2.85 bits per heavy atom. The third kappa shape index (κ3) is 4.30. The SMILES string of the molecule is C#Cc1c(C)cc(N)c(F)c1[C@@H]1Cc2nc(OC[C@@]34CCCN3C[C@H](F)C4)nc(N3CC4CCC(C3)N4)c2CO1. The molecule has 4 saturated heterocycles. The monoisotopic (exact) mass is 550 g/mol. The van der Waals surface area contributed by atoms with Gasteiger partial charge >= 0.3 is 6.01 Å². The number of aryl methyl sites for hydroxylation is 1. The molecule has 0 saturated carbocycles. The van der Waals surface area contributed by atoms with E-state index in [2.05, 4.69) is 21.0 Å². The van der Waals surface area contributed by atoms with E-state index in [4.69, 9.17) is 31.6 Å². The maximum Gasteiger partial charge on any atom is 0.318 e. The highest BCUT2D eigenvalue weighted by molar-refractivity contribution is 5.58. The van der Waals surface area contributed by atoms with Crippen molar-refractivity contribution in [2.24, 2.45) is 0 Å². The average molecular weight is 551 g/mol. The van der Waals surface area contributed by atoms with Gasteiger partial charge in [0, 0.05) is 61.2 Å². The lowest BCUT2D eigenvalue weighted by Crippen LogP contribution is -2.52. The fourth-order valence-corrected chi connectivity index (χ4v) is 7.70. The first kappa shape index (κ1) is 25.9. The molecule has 0 spiro atoms. The van der Waals surface area contributed by atoms with E-state index in [0.717, 1.165) is 68.0 Å². The largest absolute Gasteiger partial charge is 0.461 e. The van der Waals surface area contributed by atoms with Crippen LogP contribution in [0.2, 0.25) is 0 Å². The Kier molecular flexibility index (Phi) is 6.37. The van der Waals surface area contributed by atoms with Crippen molar-refractivity contribution in [1.29, 1.82) is 0 Å². The number of aromatic nitrogens is 2. The number of terminal acetylenes is 1. The number of benzene rings is 1. The van der Waals surface area contributed by atoms with Gasteiger partial charge in [0.05, 0.1) is 29.6 Å². The quantitative estimate of drug-likeness (QED) is 0.434. The van der Waals surface area contributed by atoms with Crippen LogP contribution in [0, 0.1) is 25.1 Å². The Hall–Kier alpha value is -3.00. The van der Waals surface area contributed by atoms with Crippen molar-refractivity contribution in [3.63, 3.8) is 0 Å². The van der Waals surface area contributed by atoms with Crippen LogP contribution < -0.4 is 20.7 Å². The summed E-state index contributed by atoms with van der Waals surface area (Å²) in [7, 11) is 0. The minimum Gasteiger partial charge on any atom is -0.461 e. The molecule has 0 amide bonds. The summed E-state index contributed by atoms with van der Waals surface area (Å²) in [6, 6.07) is 2.68. The van der Waals surface area contributed by atoms with Crippen LogP contribution in [0.1, 0.15) is 66.2 Å². The lowest BCUT2D eigenvalue weighted by molar-refractivity contribution is 0.0231. The Morgan fingerprint density at radius 1 is 1.27 bits per heavy atom. The molecule has 2 bridgehead atoms. The second-order valence-electron chi connectivity index (χ2n) is 12.2. The van der Waals surface area contributed by atoms with Gasteiger partial charge in [-0.15, -0.1) is 6.42 Å². The summed E-state index contributed by atoms with van der Waals surface area (Å²) >= 11 is 0. The Morgan fingerprint density at radius 2 is 2.08 bits per heavy atom. The van der Waals surface area contributed by atoms with Gasteiger partial charge in [-0.05, 0) is 50.8 Å². The second kappa shape index (κ2) is 9.82. The minimum atomic E-state index is -0.833. The molecule has 3 N–H and O–H groups in total. The van der Waals surface area contributed by atoms with E-state index >= 15 is 4.39 Å². The maximum atomic E-state index is 15.4. The standard InChI is InChI=1S/C30H36F2N6O2/c1-3-21-17(2)9-23(33)27(32)26(21)25-10-24-22(15-39-25)28(37-13-19-5-6-20(14-37)34-19)36-29(35-24)40-16-30-7-4-8-38(30)12-18(31)11-30/h1,9,18-20,25,34H,4-8,10-16,33H2,2H3/t18-,19?,20?,25+,30+/m1/s1. The molecule has 5 aliphatic rings. The van der Waals surface area contributed by atoms with Gasteiger partial charge in [-0.3, -0.25) is 4.90 Å². The van der Waals surface area contributed by atoms with Crippen molar-refractivity contribution in [3.05, 3.63) is 39.8 Å². The zero-order chi connectivity index (χ0) is 27.6. The number of hydrogen-bond donors (Lipinski definition) is 2. The summed E-state index contributed by atoms with van der Waals surface area (Å²) in [5.74, 6) is 2.91. The average Bonchev–Trinajstić information content (AvgIpc) is 3.58. The van der Waals surface area contributed by atoms with Crippen LogP contribution in [0.3, 0.4) is 0 Å². The topological polar surface area (TPSA) is 88.8 Å². The molecule has 2 aromatic rings. The van der Waals surface area contributed by atoms with Crippen molar-refractivity contribution >= 4 is 11.5 Å². The smallest absolute Gasteiger partial charge is 0.318 e. The van der Waals surface area contributed by atoms with Crippen LogP contribution in [0.25, 0.3) is 0 Å². The number of alkyl halides is 1. The van der Waals surface area contributed by atoms with Gasteiger partial charge in [0.25, 0.3) is 0 Å². The number of nitrogens with zero attached hydrogens (tertiary/aromatic N) is 4. The summed E-state index contributed by atoms with van der Waals surface area (Å²) < 4.78 is 42.3. The predicted molar refractivity (Wildman–Crippen MR) is 147 cm³/mol. The summed E-state index contributed by atoms with van der Waals surface area (Å²) in [5, 5.41) is 3.67. The van der Waals surface area contributed by atoms with E-state index in [1.807, 2.05) is 6.92 Å². The molecule has 1 aromatic heterocycles. The van der Waals surface area contributed by atoms with Crippen LogP contribution in [0.4, 0.5) is 20.3 Å². The van der Waals surface area contributed by atoms with E-state index in [1.54, 1.807) is 6.07 Å². The Balaban J connectivity index is 1.24. The van der Waals surface area contributed by atoms with Crippen LogP contribution in [-0.4, -0.2) is 71.4 Å². The van der Waals surface area contributed by atoms with Crippen molar-refractivity contribution in [3.8, 4) is 18.4 Å². The molecule has 1 aromatic carbocycles. The summed E-state index contributed by atoms with van der Waals surface area (Å²) in [5.41, 5.74) is 8.90. The summed E-state index contributed by atoms with van der Waals surface area (Å²) in [6.07, 6.45) is 9.35. The number of anilines is 2. The molecule has 8 nitrogen and oxygen atoms in total. The molecule has 5 atom stereocenters. The lowest BCUT2D eigenvalue weighted by atomic mass is 9.92. The van der Waals surface area contributed by atoms with Gasteiger partial charge in [0.15, 0.2) is 5.82 Å². The van der Waals surface area contributed by atoms with Gasteiger partial charge < -0.3 is 25.4 Å². The zero-order valence-corrected chi connectivity index (χ0v) is 22.9. The van der Waals surface area contributed by atoms with Crippen molar-refractivity contribution in [2.75, 3.05) is 43.4 Å². The number of halogens is 2. The van der Waals surface area contributed by atoms with Gasteiger partial charge in [0.1, 0.15) is 18.6 Å². The first-order valence-electron chi connectivity index (χ1n) is 14.4. The highest BCUT2D eigenvalue weighted by Gasteiger charge is 2.49. The fourth-order valence-electron chi connectivity index (χ4n) is 7.70. The van der Waals surface area contributed by atoms with Crippen molar-refractivity contribution in [2.45, 2.75) is 82.0 Å². The van der Waals surface area contributed by atoms with E-state index in [-0.39, 0.29) is 23.8 Å². The first-order valence-corrected chi connectivity index (χ1v) is 14.4. The van der Waals surface area contributed by atoms with Crippen LogP contribution in [0.5, 0.6) is 6.01 Å². The van der Waals surface area contributed by atoms with Gasteiger partial charge in [0.2, 0.25) is 0 Å². The minimum absolute atomic E-state index is 0.0488. The highest BCUT2D eigenvalue weighted by Crippen LogP contribution is 2.42. The lowest BCUT2D eigenvalue weighted by Gasteiger charge is -2.37. The molecular formula is C30H36F2N6O2. The fraction of sp³-hybridized carbons (Fsp3) is 0.600. The summed E-state index contributed by atoms with van der Waals surface area (Å²) in [4.78, 5) is 14.3. The third-order valence-electron chi connectivity index (χ3n) is 9.60. The normalized spacial score (nSPS) is 31.2. The van der Waals surface area contributed by atoms with Crippen molar-refractivity contribution in [1.82, 2.24) is 20.2 Å². The number of nitrogens with one attached hydrogen (secondary N) is 1. The number of nitrogens with two attached hydrogens (primary N) is 1. The molecular weight excluding hydrogens is 514 g/mol. The first-order chi connectivity index (χ1) is 19.3. The van der Waals surface area contributed by atoms with Gasteiger partial charge in [-0.2, -0.15) is 9.97 Å². The van der Waals surface area contributed by atoms with Crippen LogP contribution >= 0.6 is 0 Å². The molecule has 2 unspecified atom stereocenters. The van der Waals surface area contributed by atoms with Crippen LogP contribution in [0.15, 0.2) is 6.07 Å². The molecule has 5 aliphatic heterocycles. The molecule has 4 fully saturated rings. The Labute approximate surface area is 233 Å². The number of fused-ring (bicyclic) bond motifs is 4. The Bertz CT molecular complexity index is 1370. The summed E-state index contributed by atoms with van der Waals surface area (Å²) in [6.45, 7) is 5.45. The molecule has 6 heterocycles. The number of nitrogen functional groups attached to an aromatic ring is 1. The van der Waals surface area contributed by atoms with E-state index in [0.29, 0.717) is 49.2 Å². The number of rotatable bonds is 5. The van der Waals surface area contributed by atoms with Gasteiger partial charge in [-0.25, -0.2) is 8.78 Å². The third-order valence-corrected chi connectivity index (χ3v) is 9.60. The highest BCUT2D eigenvalue weighted by atomic mass is 19.1. The molecule has 0 radical (unpaired) electrons. The van der Waals surface area contributed by atoms with E-state index < -0.39 is 18.1 Å².